The largest absolute Gasteiger partial charge is 0.324 e. The Morgan fingerprint density at radius 2 is 2.46 bits per heavy atom. The molecule has 0 aliphatic carbocycles. The Bertz CT molecular complexity index is 366. The number of hydrogen-bond acceptors (Lipinski definition) is 5. The van der Waals surface area contributed by atoms with Gasteiger partial charge in [0.15, 0.2) is 5.82 Å². The second-order valence-electron chi connectivity index (χ2n) is 2.59. The maximum Gasteiger partial charge on any atom is 0.165 e. The average molecular weight is 195 g/mol. The van der Waals surface area contributed by atoms with Crippen molar-refractivity contribution in [2.24, 2.45) is 5.73 Å². The molecule has 0 radical (unpaired) electrons. The van der Waals surface area contributed by atoms with Gasteiger partial charge in [-0.3, -0.25) is 0 Å². The monoisotopic (exact) mass is 195 g/mol. The molecular formula is C7H9N5S. The molecule has 0 aromatic carbocycles. The van der Waals surface area contributed by atoms with E-state index in [9.17, 15) is 0 Å². The van der Waals surface area contributed by atoms with Gasteiger partial charge in [-0.25, -0.2) is 4.68 Å². The first-order valence-electron chi connectivity index (χ1n) is 3.86. The van der Waals surface area contributed by atoms with E-state index in [1.807, 2.05) is 11.4 Å². The quantitative estimate of drug-likeness (QED) is 0.761. The Hall–Kier alpha value is -1.27. The standard InChI is InChI=1S/C7H9N5S/c8-3-7-9-10-11-12(7)4-6-1-2-13-5-6/h1-2,5H,3-4,8H2. The zero-order valence-corrected chi connectivity index (χ0v) is 7.74. The third-order valence-electron chi connectivity index (χ3n) is 1.70. The molecule has 0 amide bonds. The van der Waals surface area contributed by atoms with Gasteiger partial charge in [-0.15, -0.1) is 5.10 Å². The van der Waals surface area contributed by atoms with E-state index in [1.165, 1.54) is 5.56 Å². The summed E-state index contributed by atoms with van der Waals surface area (Å²) < 4.78 is 1.71. The van der Waals surface area contributed by atoms with Crippen molar-refractivity contribution in [3.8, 4) is 0 Å². The lowest BCUT2D eigenvalue weighted by Crippen LogP contribution is -2.10. The molecule has 0 aliphatic heterocycles. The molecule has 0 aliphatic rings. The molecule has 2 heterocycles. The molecular weight excluding hydrogens is 186 g/mol. The SMILES string of the molecule is NCc1nnnn1Cc1ccsc1. The molecule has 0 saturated heterocycles. The number of rotatable bonds is 3. The number of hydrogen-bond donors (Lipinski definition) is 1. The van der Waals surface area contributed by atoms with Crippen molar-refractivity contribution in [3.05, 3.63) is 28.2 Å². The van der Waals surface area contributed by atoms with Crippen LogP contribution in [-0.2, 0) is 13.1 Å². The van der Waals surface area contributed by atoms with Crippen LogP contribution in [0, 0.1) is 0 Å². The van der Waals surface area contributed by atoms with E-state index in [0.29, 0.717) is 18.9 Å². The van der Waals surface area contributed by atoms with Gasteiger partial charge in [0.05, 0.1) is 13.1 Å². The molecule has 2 aromatic rings. The lowest BCUT2D eigenvalue weighted by molar-refractivity contribution is 0.620. The molecule has 0 atom stereocenters. The minimum atomic E-state index is 0.372. The lowest BCUT2D eigenvalue weighted by Gasteiger charge is -1.99. The second-order valence-corrected chi connectivity index (χ2v) is 3.37. The molecule has 0 unspecified atom stereocenters. The molecule has 6 heteroatoms. The Labute approximate surface area is 79.2 Å². The molecule has 5 nitrogen and oxygen atoms in total. The fraction of sp³-hybridized carbons (Fsp3) is 0.286. The van der Waals surface area contributed by atoms with Crippen molar-refractivity contribution in [3.63, 3.8) is 0 Å². The summed E-state index contributed by atoms with van der Waals surface area (Å²) in [7, 11) is 0. The Morgan fingerprint density at radius 3 is 3.15 bits per heavy atom. The number of thiophene rings is 1. The molecule has 68 valence electrons. The fourth-order valence-electron chi connectivity index (χ4n) is 1.05. The van der Waals surface area contributed by atoms with Crippen LogP contribution < -0.4 is 5.73 Å². The van der Waals surface area contributed by atoms with Crippen LogP contribution in [0.25, 0.3) is 0 Å². The second kappa shape index (κ2) is 3.63. The van der Waals surface area contributed by atoms with Crippen molar-refractivity contribution in [1.82, 2.24) is 20.2 Å². The number of aromatic nitrogens is 4. The van der Waals surface area contributed by atoms with E-state index in [2.05, 4.69) is 20.9 Å². The van der Waals surface area contributed by atoms with E-state index in [-0.39, 0.29) is 0 Å². The van der Waals surface area contributed by atoms with Crippen molar-refractivity contribution < 1.29 is 0 Å². The van der Waals surface area contributed by atoms with Crippen molar-refractivity contribution in [2.75, 3.05) is 0 Å². The molecule has 2 aromatic heterocycles. The van der Waals surface area contributed by atoms with Crippen LogP contribution in [0.1, 0.15) is 11.4 Å². The van der Waals surface area contributed by atoms with Crippen molar-refractivity contribution in [1.29, 1.82) is 0 Å². The fourth-order valence-corrected chi connectivity index (χ4v) is 1.71. The Kier molecular flexibility index (Phi) is 2.33. The van der Waals surface area contributed by atoms with Crippen LogP contribution in [0.2, 0.25) is 0 Å². The smallest absolute Gasteiger partial charge is 0.165 e. The van der Waals surface area contributed by atoms with Crippen LogP contribution in [0.4, 0.5) is 0 Å². The summed E-state index contributed by atoms with van der Waals surface area (Å²) in [5.41, 5.74) is 6.66. The number of nitrogens with two attached hydrogens (primary N) is 1. The normalized spacial score (nSPS) is 10.5. The van der Waals surface area contributed by atoms with Gasteiger partial charge < -0.3 is 5.73 Å². The third-order valence-corrected chi connectivity index (χ3v) is 2.43. The lowest BCUT2D eigenvalue weighted by atomic mass is 10.3. The number of nitrogens with zero attached hydrogens (tertiary/aromatic N) is 4. The highest BCUT2D eigenvalue weighted by atomic mass is 32.1. The summed E-state index contributed by atoms with van der Waals surface area (Å²) in [5, 5.41) is 15.3. The molecule has 2 rings (SSSR count). The summed E-state index contributed by atoms with van der Waals surface area (Å²) in [6.45, 7) is 1.07. The van der Waals surface area contributed by atoms with Gasteiger partial charge in [0, 0.05) is 0 Å². The van der Waals surface area contributed by atoms with Crippen molar-refractivity contribution in [2.45, 2.75) is 13.1 Å². The maximum absolute atomic E-state index is 5.46. The summed E-state index contributed by atoms with van der Waals surface area (Å²) in [6.07, 6.45) is 0. The first kappa shape index (κ1) is 8.33. The first-order chi connectivity index (χ1) is 6.40. The highest BCUT2D eigenvalue weighted by Crippen LogP contribution is 2.07. The first-order valence-corrected chi connectivity index (χ1v) is 4.80. The Balaban J connectivity index is 2.18. The van der Waals surface area contributed by atoms with Gasteiger partial charge in [-0.2, -0.15) is 11.3 Å². The predicted octanol–water partition coefficient (Wildman–Crippen LogP) is 0.242. The maximum atomic E-state index is 5.46. The van der Waals surface area contributed by atoms with Crippen LogP contribution >= 0.6 is 11.3 Å². The van der Waals surface area contributed by atoms with E-state index in [0.717, 1.165) is 0 Å². The minimum absolute atomic E-state index is 0.372. The average Bonchev–Trinajstić information content (AvgIpc) is 2.76. The zero-order valence-electron chi connectivity index (χ0n) is 6.92. The highest BCUT2D eigenvalue weighted by Gasteiger charge is 2.03. The number of tetrazole rings is 1. The molecule has 13 heavy (non-hydrogen) atoms. The van der Waals surface area contributed by atoms with E-state index < -0.39 is 0 Å². The third kappa shape index (κ3) is 1.73. The minimum Gasteiger partial charge on any atom is -0.324 e. The summed E-state index contributed by atoms with van der Waals surface area (Å²) >= 11 is 1.66. The summed E-state index contributed by atoms with van der Waals surface area (Å²) in [4.78, 5) is 0. The van der Waals surface area contributed by atoms with Gasteiger partial charge in [0.2, 0.25) is 0 Å². The van der Waals surface area contributed by atoms with Crippen LogP contribution in [-0.4, -0.2) is 20.2 Å². The van der Waals surface area contributed by atoms with Crippen molar-refractivity contribution >= 4 is 11.3 Å². The summed E-state index contributed by atoms with van der Waals surface area (Å²) in [5.74, 6) is 0.714. The predicted molar refractivity (Wildman–Crippen MR) is 49.1 cm³/mol. The highest BCUT2D eigenvalue weighted by molar-refractivity contribution is 7.07. The van der Waals surface area contributed by atoms with Gasteiger partial charge in [0.1, 0.15) is 0 Å². The van der Waals surface area contributed by atoms with E-state index in [4.69, 9.17) is 5.73 Å². The van der Waals surface area contributed by atoms with Gasteiger partial charge >= 0.3 is 0 Å². The van der Waals surface area contributed by atoms with E-state index >= 15 is 0 Å². The zero-order chi connectivity index (χ0) is 9.10. The molecule has 0 spiro atoms. The molecule has 0 saturated carbocycles. The Morgan fingerprint density at radius 1 is 1.54 bits per heavy atom. The van der Waals surface area contributed by atoms with Gasteiger partial charge in [0.25, 0.3) is 0 Å². The van der Waals surface area contributed by atoms with Crippen LogP contribution in [0.3, 0.4) is 0 Å². The summed E-state index contributed by atoms with van der Waals surface area (Å²) in [6, 6.07) is 2.05. The van der Waals surface area contributed by atoms with Gasteiger partial charge in [-0.05, 0) is 32.8 Å². The van der Waals surface area contributed by atoms with Crippen LogP contribution in [0.5, 0.6) is 0 Å². The van der Waals surface area contributed by atoms with E-state index in [1.54, 1.807) is 16.0 Å². The van der Waals surface area contributed by atoms with Crippen LogP contribution in [0.15, 0.2) is 16.8 Å². The molecule has 0 fully saturated rings. The molecule has 0 bridgehead atoms. The molecule has 2 N–H and O–H groups in total. The topological polar surface area (TPSA) is 69.6 Å². The van der Waals surface area contributed by atoms with Gasteiger partial charge in [-0.1, -0.05) is 0 Å².